The highest BCUT2D eigenvalue weighted by atomic mass is 32.1. The highest BCUT2D eigenvalue weighted by molar-refractivity contribution is 7.10. The molecule has 1 unspecified atom stereocenters. The van der Waals surface area contributed by atoms with Crippen molar-refractivity contribution in [2.24, 2.45) is 5.73 Å². The van der Waals surface area contributed by atoms with Crippen molar-refractivity contribution >= 4 is 11.3 Å². The maximum atomic E-state index is 5.67. The average molecular weight is 276 g/mol. The summed E-state index contributed by atoms with van der Waals surface area (Å²) in [5, 5.41) is 3.14. The number of thiazole rings is 1. The van der Waals surface area contributed by atoms with Gasteiger partial charge in [0.05, 0.1) is 10.7 Å². The zero-order valence-corrected chi connectivity index (χ0v) is 11.6. The summed E-state index contributed by atoms with van der Waals surface area (Å²) in [6, 6.07) is 5.94. The smallest absolute Gasteiger partial charge is 0.162 e. The molecule has 3 rings (SSSR count). The van der Waals surface area contributed by atoms with Crippen LogP contribution in [0.25, 0.3) is 11.3 Å². The van der Waals surface area contributed by atoms with Gasteiger partial charge < -0.3 is 15.2 Å². The number of fused-ring (bicyclic) bond motifs is 1. The molecule has 0 spiro atoms. The maximum Gasteiger partial charge on any atom is 0.162 e. The SMILES string of the molecule is CC(CN)c1nc(-c2ccc3c(c2)OCCO3)cs1. The van der Waals surface area contributed by atoms with Gasteiger partial charge in [-0.25, -0.2) is 4.98 Å². The molecular weight excluding hydrogens is 260 g/mol. The third-order valence-electron chi connectivity index (χ3n) is 3.14. The van der Waals surface area contributed by atoms with E-state index in [1.807, 2.05) is 18.2 Å². The number of nitrogens with two attached hydrogens (primary N) is 1. The fourth-order valence-corrected chi connectivity index (χ4v) is 2.85. The number of aromatic nitrogens is 1. The summed E-state index contributed by atoms with van der Waals surface area (Å²) >= 11 is 1.65. The van der Waals surface area contributed by atoms with E-state index in [0.717, 1.165) is 27.8 Å². The van der Waals surface area contributed by atoms with Gasteiger partial charge in [0.15, 0.2) is 11.5 Å². The zero-order valence-electron chi connectivity index (χ0n) is 10.8. The second-order valence-corrected chi connectivity index (χ2v) is 5.46. The lowest BCUT2D eigenvalue weighted by Crippen LogP contribution is -2.15. The second-order valence-electron chi connectivity index (χ2n) is 4.57. The number of hydrogen-bond donors (Lipinski definition) is 1. The standard InChI is InChI=1S/C14H16N2O2S/c1-9(7-15)14-16-11(8-19-14)10-2-3-12-13(6-10)18-5-4-17-12/h2-3,6,8-9H,4-5,7,15H2,1H3. The molecule has 1 aliphatic rings. The molecule has 5 heteroatoms. The molecule has 100 valence electrons. The molecule has 4 nitrogen and oxygen atoms in total. The highest BCUT2D eigenvalue weighted by Gasteiger charge is 2.15. The van der Waals surface area contributed by atoms with Crippen LogP contribution in [0.4, 0.5) is 0 Å². The van der Waals surface area contributed by atoms with Gasteiger partial charge in [-0.05, 0) is 18.2 Å². The van der Waals surface area contributed by atoms with Crippen molar-refractivity contribution in [2.75, 3.05) is 19.8 Å². The minimum atomic E-state index is 0.302. The van der Waals surface area contributed by atoms with E-state index >= 15 is 0 Å². The van der Waals surface area contributed by atoms with Gasteiger partial charge in [0.2, 0.25) is 0 Å². The van der Waals surface area contributed by atoms with Crippen LogP contribution in [0, 0.1) is 0 Å². The van der Waals surface area contributed by atoms with Crippen molar-refractivity contribution in [2.45, 2.75) is 12.8 Å². The van der Waals surface area contributed by atoms with Crippen LogP contribution in [0.15, 0.2) is 23.6 Å². The summed E-state index contributed by atoms with van der Waals surface area (Å²) in [6.45, 7) is 3.92. The summed E-state index contributed by atoms with van der Waals surface area (Å²) in [7, 11) is 0. The van der Waals surface area contributed by atoms with Crippen LogP contribution in [0.3, 0.4) is 0 Å². The molecule has 0 amide bonds. The van der Waals surface area contributed by atoms with Gasteiger partial charge in [0.25, 0.3) is 0 Å². The van der Waals surface area contributed by atoms with E-state index in [-0.39, 0.29) is 0 Å². The van der Waals surface area contributed by atoms with E-state index in [0.29, 0.717) is 25.7 Å². The van der Waals surface area contributed by atoms with Crippen molar-refractivity contribution < 1.29 is 9.47 Å². The molecule has 0 radical (unpaired) electrons. The molecule has 0 saturated carbocycles. The minimum Gasteiger partial charge on any atom is -0.486 e. The van der Waals surface area contributed by atoms with Crippen molar-refractivity contribution in [3.05, 3.63) is 28.6 Å². The van der Waals surface area contributed by atoms with Crippen molar-refractivity contribution in [1.29, 1.82) is 0 Å². The lowest BCUT2D eigenvalue weighted by Gasteiger charge is -2.18. The van der Waals surface area contributed by atoms with E-state index in [2.05, 4.69) is 17.3 Å². The van der Waals surface area contributed by atoms with Gasteiger partial charge in [-0.1, -0.05) is 6.92 Å². The monoisotopic (exact) mass is 276 g/mol. The Bertz CT molecular complexity index is 583. The Morgan fingerprint density at radius 3 is 2.89 bits per heavy atom. The summed E-state index contributed by atoms with van der Waals surface area (Å²) < 4.78 is 11.1. The summed E-state index contributed by atoms with van der Waals surface area (Å²) in [5.74, 6) is 1.90. The van der Waals surface area contributed by atoms with Gasteiger partial charge in [-0.15, -0.1) is 11.3 Å². The van der Waals surface area contributed by atoms with Gasteiger partial charge in [-0.2, -0.15) is 0 Å². The largest absolute Gasteiger partial charge is 0.486 e. The molecule has 1 aromatic carbocycles. The fraction of sp³-hybridized carbons (Fsp3) is 0.357. The minimum absolute atomic E-state index is 0.302. The number of benzene rings is 1. The zero-order chi connectivity index (χ0) is 13.2. The summed E-state index contributed by atoms with van der Waals surface area (Å²) in [5.41, 5.74) is 7.69. The van der Waals surface area contributed by atoms with E-state index in [4.69, 9.17) is 15.2 Å². The fourth-order valence-electron chi connectivity index (χ4n) is 1.95. The molecule has 1 aliphatic heterocycles. The molecule has 19 heavy (non-hydrogen) atoms. The Morgan fingerprint density at radius 2 is 2.11 bits per heavy atom. The topological polar surface area (TPSA) is 57.4 Å². The van der Waals surface area contributed by atoms with Crippen LogP contribution in [-0.4, -0.2) is 24.7 Å². The summed E-state index contributed by atoms with van der Waals surface area (Å²) in [6.07, 6.45) is 0. The Kier molecular flexibility index (Phi) is 3.40. The van der Waals surface area contributed by atoms with Crippen molar-refractivity contribution in [3.63, 3.8) is 0 Å². The third-order valence-corrected chi connectivity index (χ3v) is 4.21. The molecule has 0 saturated heterocycles. The first kappa shape index (κ1) is 12.4. The van der Waals surface area contributed by atoms with Gasteiger partial charge in [0, 0.05) is 23.4 Å². The predicted octanol–water partition coefficient (Wildman–Crippen LogP) is 2.64. The first-order valence-corrected chi connectivity index (χ1v) is 7.21. The van der Waals surface area contributed by atoms with Crippen LogP contribution in [0.5, 0.6) is 11.5 Å². The summed E-state index contributed by atoms with van der Waals surface area (Å²) in [4.78, 5) is 4.64. The van der Waals surface area contributed by atoms with Crippen molar-refractivity contribution in [3.8, 4) is 22.8 Å². The Balaban J connectivity index is 1.91. The number of nitrogens with zero attached hydrogens (tertiary/aromatic N) is 1. The van der Waals surface area contributed by atoms with Crippen molar-refractivity contribution in [1.82, 2.24) is 4.98 Å². The molecule has 0 fully saturated rings. The van der Waals surface area contributed by atoms with Crippen LogP contribution in [-0.2, 0) is 0 Å². The van der Waals surface area contributed by atoms with Gasteiger partial charge in [-0.3, -0.25) is 0 Å². The van der Waals surface area contributed by atoms with Gasteiger partial charge in [0.1, 0.15) is 13.2 Å². The number of hydrogen-bond acceptors (Lipinski definition) is 5. The van der Waals surface area contributed by atoms with E-state index in [1.54, 1.807) is 11.3 Å². The maximum absolute atomic E-state index is 5.67. The lowest BCUT2D eigenvalue weighted by molar-refractivity contribution is 0.171. The number of rotatable bonds is 3. The predicted molar refractivity (Wildman–Crippen MR) is 76.0 cm³/mol. The number of ether oxygens (including phenoxy) is 2. The quantitative estimate of drug-likeness (QED) is 0.936. The van der Waals surface area contributed by atoms with Crippen LogP contribution in [0.1, 0.15) is 17.8 Å². The molecule has 0 aliphatic carbocycles. The molecule has 2 heterocycles. The van der Waals surface area contributed by atoms with Crippen LogP contribution >= 0.6 is 11.3 Å². The van der Waals surface area contributed by atoms with E-state index < -0.39 is 0 Å². The third kappa shape index (κ3) is 2.43. The van der Waals surface area contributed by atoms with Crippen LogP contribution < -0.4 is 15.2 Å². The molecular formula is C14H16N2O2S. The first-order chi connectivity index (χ1) is 9.28. The molecule has 1 atom stereocenters. The second kappa shape index (κ2) is 5.19. The van der Waals surface area contributed by atoms with E-state index in [1.165, 1.54) is 0 Å². The molecule has 2 N–H and O–H groups in total. The average Bonchev–Trinajstić information content (AvgIpc) is 2.95. The van der Waals surface area contributed by atoms with Crippen LogP contribution in [0.2, 0.25) is 0 Å². The first-order valence-electron chi connectivity index (χ1n) is 6.33. The highest BCUT2D eigenvalue weighted by Crippen LogP contribution is 2.35. The molecule has 1 aromatic heterocycles. The Labute approximate surface area is 116 Å². The normalized spacial score (nSPS) is 15.3. The molecule has 2 aromatic rings. The van der Waals surface area contributed by atoms with E-state index in [9.17, 15) is 0 Å². The molecule has 0 bridgehead atoms. The lowest BCUT2D eigenvalue weighted by atomic mass is 10.1. The van der Waals surface area contributed by atoms with Gasteiger partial charge >= 0.3 is 0 Å². The Morgan fingerprint density at radius 1 is 1.32 bits per heavy atom. The Hall–Kier alpha value is -1.59.